The van der Waals surface area contributed by atoms with Gasteiger partial charge in [0.15, 0.2) is 0 Å². The summed E-state index contributed by atoms with van der Waals surface area (Å²) in [5.41, 5.74) is 2.30. The van der Waals surface area contributed by atoms with Crippen molar-refractivity contribution in [3.8, 4) is 0 Å². The van der Waals surface area contributed by atoms with E-state index in [1.165, 1.54) is 6.07 Å². The van der Waals surface area contributed by atoms with Crippen molar-refractivity contribution >= 4 is 28.5 Å². The van der Waals surface area contributed by atoms with Crippen LogP contribution in [0, 0.1) is 6.92 Å². The van der Waals surface area contributed by atoms with Crippen molar-refractivity contribution in [3.63, 3.8) is 0 Å². The van der Waals surface area contributed by atoms with Crippen LogP contribution in [0.3, 0.4) is 0 Å². The number of aromatic nitrogens is 1. The normalized spacial score (nSPS) is 11.8. The zero-order chi connectivity index (χ0) is 15.7. The molecule has 0 spiro atoms. The van der Waals surface area contributed by atoms with Crippen LogP contribution in [0.25, 0.3) is 10.9 Å². The van der Waals surface area contributed by atoms with Gasteiger partial charge in [-0.25, -0.2) is 0 Å². The minimum Gasteiger partial charge on any atom is -0.359 e. The van der Waals surface area contributed by atoms with Crippen LogP contribution in [-0.2, 0) is 6.18 Å². The van der Waals surface area contributed by atoms with Gasteiger partial charge >= 0.3 is 6.18 Å². The molecule has 0 aliphatic rings. The highest BCUT2D eigenvalue weighted by molar-refractivity contribution is 8.00. The Morgan fingerprint density at radius 3 is 2.64 bits per heavy atom. The molecule has 0 aliphatic heterocycles. The molecule has 1 heterocycles. The van der Waals surface area contributed by atoms with Gasteiger partial charge in [0, 0.05) is 27.2 Å². The molecule has 1 aromatic heterocycles. The zero-order valence-electron chi connectivity index (χ0n) is 11.7. The molecule has 3 rings (SSSR count). The predicted octanol–water partition coefficient (Wildman–Crippen LogP) is 5.61. The van der Waals surface area contributed by atoms with Gasteiger partial charge in [0.25, 0.3) is 0 Å². The molecular weight excluding hydrogens is 309 g/mol. The van der Waals surface area contributed by atoms with Crippen LogP contribution >= 0.6 is 11.9 Å². The van der Waals surface area contributed by atoms with Crippen molar-refractivity contribution < 1.29 is 13.2 Å². The number of aromatic amines is 1. The zero-order valence-corrected chi connectivity index (χ0v) is 12.5. The molecule has 22 heavy (non-hydrogen) atoms. The van der Waals surface area contributed by atoms with Gasteiger partial charge in [0.05, 0.1) is 5.56 Å². The summed E-state index contributed by atoms with van der Waals surface area (Å²) < 4.78 is 41.1. The SMILES string of the molecule is Cc1cc2cc(NSc3cccc(C(F)(F)F)c3)ccc2[nH]1. The van der Waals surface area contributed by atoms with E-state index in [9.17, 15) is 13.2 Å². The lowest BCUT2D eigenvalue weighted by Crippen LogP contribution is -2.04. The lowest BCUT2D eigenvalue weighted by Gasteiger charge is -2.09. The Balaban J connectivity index is 1.76. The number of H-pyrrole nitrogens is 1. The highest BCUT2D eigenvalue weighted by atomic mass is 32.2. The molecule has 2 N–H and O–H groups in total. The van der Waals surface area contributed by atoms with E-state index >= 15 is 0 Å². The van der Waals surface area contributed by atoms with E-state index in [2.05, 4.69) is 9.71 Å². The third-order valence-electron chi connectivity index (χ3n) is 3.20. The maximum atomic E-state index is 12.7. The number of fused-ring (bicyclic) bond motifs is 1. The molecule has 0 unspecified atom stereocenters. The maximum absolute atomic E-state index is 12.7. The van der Waals surface area contributed by atoms with Gasteiger partial charge in [-0.1, -0.05) is 6.07 Å². The van der Waals surface area contributed by atoms with Crippen LogP contribution in [0.15, 0.2) is 53.4 Å². The standard InChI is InChI=1S/C16H13F3N2S/c1-10-7-11-8-13(5-6-15(11)20-10)21-22-14-4-2-3-12(9-14)16(17,18)19/h2-9,20-21H,1H3. The third kappa shape index (κ3) is 3.22. The predicted molar refractivity (Wildman–Crippen MR) is 84.0 cm³/mol. The van der Waals surface area contributed by atoms with Gasteiger partial charge < -0.3 is 9.71 Å². The third-order valence-corrected chi connectivity index (χ3v) is 4.03. The van der Waals surface area contributed by atoms with E-state index < -0.39 is 11.7 Å². The molecule has 0 radical (unpaired) electrons. The molecule has 0 atom stereocenters. The fourth-order valence-corrected chi connectivity index (χ4v) is 2.89. The Bertz CT molecular complexity index is 809. The first-order valence-electron chi connectivity index (χ1n) is 6.61. The van der Waals surface area contributed by atoms with Crippen molar-refractivity contribution in [1.29, 1.82) is 0 Å². The Morgan fingerprint density at radius 1 is 1.05 bits per heavy atom. The van der Waals surface area contributed by atoms with Gasteiger partial charge in [-0.15, -0.1) is 0 Å². The Labute approximate surface area is 129 Å². The van der Waals surface area contributed by atoms with Crippen molar-refractivity contribution in [2.24, 2.45) is 0 Å². The molecule has 114 valence electrons. The van der Waals surface area contributed by atoms with Crippen LogP contribution in [-0.4, -0.2) is 4.98 Å². The summed E-state index contributed by atoms with van der Waals surface area (Å²) in [7, 11) is 0. The number of hydrogen-bond donors (Lipinski definition) is 2. The minimum atomic E-state index is -4.32. The average molecular weight is 322 g/mol. The number of anilines is 1. The van der Waals surface area contributed by atoms with E-state index in [0.29, 0.717) is 4.90 Å². The fourth-order valence-electron chi connectivity index (χ4n) is 2.19. The molecule has 2 aromatic carbocycles. The van der Waals surface area contributed by atoms with Gasteiger partial charge in [-0.3, -0.25) is 0 Å². The van der Waals surface area contributed by atoms with Crippen molar-refractivity contribution in [2.75, 3.05) is 4.72 Å². The van der Waals surface area contributed by atoms with E-state index in [1.807, 2.05) is 31.2 Å². The number of alkyl halides is 3. The number of benzene rings is 2. The van der Waals surface area contributed by atoms with Crippen molar-refractivity contribution in [3.05, 3.63) is 59.8 Å². The van der Waals surface area contributed by atoms with E-state index in [-0.39, 0.29) is 0 Å². The molecule has 0 saturated heterocycles. The molecule has 0 bridgehead atoms. The first-order chi connectivity index (χ1) is 10.4. The van der Waals surface area contributed by atoms with Gasteiger partial charge in [0.1, 0.15) is 0 Å². The van der Waals surface area contributed by atoms with Crippen LogP contribution in [0.5, 0.6) is 0 Å². The molecule has 0 saturated carbocycles. The Morgan fingerprint density at radius 2 is 1.86 bits per heavy atom. The molecule has 0 fully saturated rings. The van der Waals surface area contributed by atoms with Crippen molar-refractivity contribution in [2.45, 2.75) is 18.0 Å². The van der Waals surface area contributed by atoms with E-state index in [1.54, 1.807) is 6.07 Å². The average Bonchev–Trinajstić information content (AvgIpc) is 2.84. The molecular formula is C16H13F3N2S. The van der Waals surface area contributed by atoms with Gasteiger partial charge in [0.2, 0.25) is 0 Å². The van der Waals surface area contributed by atoms with Crippen molar-refractivity contribution in [1.82, 2.24) is 4.98 Å². The number of hydrogen-bond acceptors (Lipinski definition) is 2. The summed E-state index contributed by atoms with van der Waals surface area (Å²) in [6.07, 6.45) is -4.32. The lowest BCUT2D eigenvalue weighted by molar-refractivity contribution is -0.137. The summed E-state index contributed by atoms with van der Waals surface area (Å²) in [5, 5.41) is 1.06. The second-order valence-corrected chi connectivity index (χ2v) is 5.86. The maximum Gasteiger partial charge on any atom is 0.416 e. The second kappa shape index (κ2) is 5.61. The lowest BCUT2D eigenvalue weighted by atomic mass is 10.2. The van der Waals surface area contributed by atoms with Gasteiger partial charge in [-0.2, -0.15) is 13.2 Å². The Hall–Kier alpha value is -2.08. The van der Waals surface area contributed by atoms with Crippen LogP contribution in [0.1, 0.15) is 11.3 Å². The molecule has 0 aliphatic carbocycles. The molecule has 2 nitrogen and oxygen atoms in total. The number of nitrogens with one attached hydrogen (secondary N) is 2. The number of aryl methyl sites for hydroxylation is 1. The highest BCUT2D eigenvalue weighted by Crippen LogP contribution is 2.32. The van der Waals surface area contributed by atoms with E-state index in [0.717, 1.165) is 46.4 Å². The van der Waals surface area contributed by atoms with E-state index in [4.69, 9.17) is 0 Å². The van der Waals surface area contributed by atoms with Crippen LogP contribution in [0.4, 0.5) is 18.9 Å². The quantitative estimate of drug-likeness (QED) is 0.613. The summed E-state index contributed by atoms with van der Waals surface area (Å²) in [5.74, 6) is 0. The van der Waals surface area contributed by atoms with Gasteiger partial charge in [-0.05, 0) is 61.3 Å². The fraction of sp³-hybridized carbons (Fsp3) is 0.125. The molecule has 6 heteroatoms. The number of halogens is 3. The second-order valence-electron chi connectivity index (χ2n) is 4.98. The summed E-state index contributed by atoms with van der Waals surface area (Å²) in [6.45, 7) is 1.98. The highest BCUT2D eigenvalue weighted by Gasteiger charge is 2.30. The number of rotatable bonds is 3. The van der Waals surface area contributed by atoms with Crippen LogP contribution in [0.2, 0.25) is 0 Å². The topological polar surface area (TPSA) is 27.8 Å². The van der Waals surface area contributed by atoms with Crippen LogP contribution < -0.4 is 4.72 Å². The summed E-state index contributed by atoms with van der Waals surface area (Å²) in [6, 6.07) is 13.1. The smallest absolute Gasteiger partial charge is 0.359 e. The minimum absolute atomic E-state index is 0.514. The molecule has 3 aromatic rings. The monoisotopic (exact) mass is 322 g/mol. The summed E-state index contributed by atoms with van der Waals surface area (Å²) in [4.78, 5) is 3.74. The molecule has 0 amide bonds. The Kier molecular flexibility index (Phi) is 3.78. The summed E-state index contributed by atoms with van der Waals surface area (Å²) >= 11 is 1.16. The first-order valence-corrected chi connectivity index (χ1v) is 7.43. The largest absolute Gasteiger partial charge is 0.416 e. The first kappa shape index (κ1) is 14.8.